The van der Waals surface area contributed by atoms with E-state index in [1.807, 2.05) is 0 Å². The first-order valence-corrected chi connectivity index (χ1v) is 9.39. The molecule has 0 bridgehead atoms. The number of carbonyl (C=O) groups excluding carboxylic acids is 1. The highest BCUT2D eigenvalue weighted by atomic mass is 32.2. The van der Waals surface area contributed by atoms with E-state index in [0.29, 0.717) is 10.6 Å². The van der Waals surface area contributed by atoms with E-state index in [1.165, 1.54) is 11.0 Å². The second kappa shape index (κ2) is 7.27. The van der Waals surface area contributed by atoms with Crippen LogP contribution in [0.1, 0.15) is 34.0 Å². The van der Waals surface area contributed by atoms with Crippen molar-refractivity contribution in [1.29, 1.82) is 0 Å². The summed E-state index contributed by atoms with van der Waals surface area (Å²) in [5.41, 5.74) is 0. The number of piperidine rings is 1. The van der Waals surface area contributed by atoms with Gasteiger partial charge in [0.15, 0.2) is 5.76 Å². The standard InChI is InChI=1S/C14H17F3N2O6S/c1-26(23,24)19(8-14(15,16)17)9-4-6-18(7-5-9)12(20)10-2-3-11(25-10)13(21)22/h2-3,9H,4-8H2,1H3,(H,21,22). The molecule has 1 fully saturated rings. The number of hydrogen-bond donors (Lipinski definition) is 1. The van der Waals surface area contributed by atoms with Gasteiger partial charge in [-0.25, -0.2) is 13.2 Å². The number of furan rings is 1. The Balaban J connectivity index is 2.04. The summed E-state index contributed by atoms with van der Waals surface area (Å²) in [6, 6.07) is 1.45. The van der Waals surface area contributed by atoms with Crippen LogP contribution in [0.3, 0.4) is 0 Å². The van der Waals surface area contributed by atoms with Gasteiger partial charge in [0.1, 0.15) is 6.54 Å². The average Bonchev–Trinajstić information content (AvgIpc) is 3.00. The van der Waals surface area contributed by atoms with Gasteiger partial charge in [-0.05, 0) is 25.0 Å². The molecule has 0 spiro atoms. The lowest BCUT2D eigenvalue weighted by atomic mass is 10.0. The molecule has 1 amide bonds. The van der Waals surface area contributed by atoms with Crippen molar-refractivity contribution >= 4 is 21.9 Å². The molecule has 12 heteroatoms. The van der Waals surface area contributed by atoms with E-state index in [1.54, 1.807) is 0 Å². The maximum atomic E-state index is 12.7. The normalized spacial score (nSPS) is 16.9. The zero-order valence-corrected chi connectivity index (χ0v) is 14.5. The fourth-order valence-corrected chi connectivity index (χ4v) is 3.91. The molecule has 0 saturated carbocycles. The number of nitrogens with zero attached hydrogens (tertiary/aromatic N) is 2. The van der Waals surface area contributed by atoms with Crippen LogP contribution in [0.4, 0.5) is 13.2 Å². The van der Waals surface area contributed by atoms with Crippen LogP contribution in [0.25, 0.3) is 0 Å². The van der Waals surface area contributed by atoms with Crippen LogP contribution in [0.2, 0.25) is 0 Å². The number of carboxylic acid groups (broad SMARTS) is 1. The molecule has 8 nitrogen and oxygen atoms in total. The molecule has 1 aliphatic heterocycles. The molecule has 1 aliphatic rings. The van der Waals surface area contributed by atoms with Crippen molar-refractivity contribution in [3.05, 3.63) is 23.7 Å². The molecule has 146 valence electrons. The fraction of sp³-hybridized carbons (Fsp3) is 0.571. The summed E-state index contributed by atoms with van der Waals surface area (Å²) in [6.07, 6.45) is -3.90. The Kier molecular flexibility index (Phi) is 5.66. The molecular formula is C14H17F3N2O6S. The lowest BCUT2D eigenvalue weighted by Crippen LogP contribution is -2.51. The second-order valence-corrected chi connectivity index (χ2v) is 7.85. The minimum Gasteiger partial charge on any atom is -0.475 e. The van der Waals surface area contributed by atoms with E-state index in [9.17, 15) is 31.2 Å². The fourth-order valence-electron chi connectivity index (χ4n) is 2.77. The Labute approximate surface area is 147 Å². The van der Waals surface area contributed by atoms with Crippen molar-refractivity contribution in [2.45, 2.75) is 25.1 Å². The van der Waals surface area contributed by atoms with Crippen molar-refractivity contribution in [3.63, 3.8) is 0 Å². The van der Waals surface area contributed by atoms with Crippen molar-refractivity contribution < 1.29 is 40.7 Å². The van der Waals surface area contributed by atoms with Gasteiger partial charge < -0.3 is 14.4 Å². The maximum Gasteiger partial charge on any atom is 0.402 e. The number of carboxylic acids is 1. The van der Waals surface area contributed by atoms with Crippen LogP contribution in [-0.2, 0) is 10.0 Å². The number of likely N-dealkylation sites (tertiary alicyclic amines) is 1. The SMILES string of the molecule is CS(=O)(=O)N(CC(F)(F)F)C1CCN(C(=O)c2ccc(C(=O)O)o2)CC1. The smallest absolute Gasteiger partial charge is 0.402 e. The summed E-state index contributed by atoms with van der Waals surface area (Å²) in [7, 11) is -4.07. The number of halogens is 3. The highest BCUT2D eigenvalue weighted by Gasteiger charge is 2.40. The van der Waals surface area contributed by atoms with E-state index >= 15 is 0 Å². The van der Waals surface area contributed by atoms with E-state index in [0.717, 1.165) is 6.07 Å². The highest BCUT2D eigenvalue weighted by molar-refractivity contribution is 7.88. The topological polar surface area (TPSA) is 108 Å². The summed E-state index contributed by atoms with van der Waals surface area (Å²) >= 11 is 0. The second-order valence-electron chi connectivity index (χ2n) is 5.92. The van der Waals surface area contributed by atoms with Gasteiger partial charge in [0.2, 0.25) is 15.8 Å². The van der Waals surface area contributed by atoms with Gasteiger partial charge in [-0.1, -0.05) is 0 Å². The van der Waals surface area contributed by atoms with E-state index in [2.05, 4.69) is 0 Å². The number of alkyl halides is 3. The minimum absolute atomic E-state index is 0.0243. The third-order valence-corrected chi connectivity index (χ3v) is 5.23. The molecule has 0 atom stereocenters. The van der Waals surface area contributed by atoms with Crippen LogP contribution in [0, 0.1) is 0 Å². The first kappa shape index (κ1) is 20.2. The Hall–Kier alpha value is -2.08. The monoisotopic (exact) mass is 398 g/mol. The van der Waals surface area contributed by atoms with Gasteiger partial charge in [-0.15, -0.1) is 0 Å². The molecule has 0 aromatic carbocycles. The van der Waals surface area contributed by atoms with E-state index in [4.69, 9.17) is 9.52 Å². The van der Waals surface area contributed by atoms with Crippen molar-refractivity contribution in [3.8, 4) is 0 Å². The molecule has 26 heavy (non-hydrogen) atoms. The molecule has 1 aromatic rings. The molecule has 1 N–H and O–H groups in total. The first-order valence-electron chi connectivity index (χ1n) is 7.54. The molecule has 2 rings (SSSR count). The zero-order chi connectivity index (χ0) is 19.7. The van der Waals surface area contributed by atoms with Crippen molar-refractivity contribution in [1.82, 2.24) is 9.21 Å². The molecule has 0 aliphatic carbocycles. The number of rotatable bonds is 5. The largest absolute Gasteiger partial charge is 0.475 e. The van der Waals surface area contributed by atoms with Gasteiger partial charge in [-0.3, -0.25) is 4.79 Å². The minimum atomic E-state index is -4.67. The van der Waals surface area contributed by atoms with Crippen LogP contribution < -0.4 is 0 Å². The molecular weight excluding hydrogens is 381 g/mol. The molecule has 0 unspecified atom stereocenters. The highest BCUT2D eigenvalue weighted by Crippen LogP contribution is 2.25. The van der Waals surface area contributed by atoms with Crippen LogP contribution in [0.15, 0.2) is 16.5 Å². The van der Waals surface area contributed by atoms with Crippen molar-refractivity contribution in [2.24, 2.45) is 0 Å². The quantitative estimate of drug-likeness (QED) is 0.803. The number of sulfonamides is 1. The number of hydrogen-bond acceptors (Lipinski definition) is 5. The molecule has 0 radical (unpaired) electrons. The van der Waals surface area contributed by atoms with E-state index < -0.39 is 46.4 Å². The molecule has 1 aromatic heterocycles. The van der Waals surface area contributed by atoms with E-state index in [-0.39, 0.29) is 31.7 Å². The van der Waals surface area contributed by atoms with Gasteiger partial charge in [-0.2, -0.15) is 17.5 Å². The predicted octanol–water partition coefficient (Wildman–Crippen LogP) is 1.41. The lowest BCUT2D eigenvalue weighted by molar-refractivity contribution is -0.140. The molecule has 2 heterocycles. The third-order valence-electron chi connectivity index (χ3n) is 3.95. The van der Waals surface area contributed by atoms with Crippen LogP contribution in [-0.4, -0.2) is 72.7 Å². The Morgan fingerprint density at radius 2 is 1.81 bits per heavy atom. The maximum absolute atomic E-state index is 12.7. The Morgan fingerprint density at radius 3 is 2.23 bits per heavy atom. The number of aromatic carboxylic acids is 1. The first-order chi connectivity index (χ1) is 11.9. The summed E-state index contributed by atoms with van der Waals surface area (Å²) in [5.74, 6) is -2.54. The number of carbonyl (C=O) groups is 2. The predicted molar refractivity (Wildman–Crippen MR) is 82.2 cm³/mol. The van der Waals surface area contributed by atoms with Gasteiger partial charge in [0.05, 0.1) is 6.26 Å². The van der Waals surface area contributed by atoms with Gasteiger partial charge in [0, 0.05) is 19.1 Å². The van der Waals surface area contributed by atoms with Crippen LogP contribution in [0.5, 0.6) is 0 Å². The van der Waals surface area contributed by atoms with Crippen molar-refractivity contribution in [2.75, 3.05) is 25.9 Å². The van der Waals surface area contributed by atoms with Crippen LogP contribution >= 0.6 is 0 Å². The average molecular weight is 398 g/mol. The zero-order valence-electron chi connectivity index (χ0n) is 13.7. The third kappa shape index (κ3) is 4.97. The Bertz CT molecular complexity index is 781. The summed E-state index contributed by atoms with van der Waals surface area (Å²) in [4.78, 5) is 24.3. The van der Waals surface area contributed by atoms with Gasteiger partial charge >= 0.3 is 12.1 Å². The molecule has 1 saturated heterocycles. The lowest BCUT2D eigenvalue weighted by Gasteiger charge is -2.37. The summed E-state index contributed by atoms with van der Waals surface area (Å²) < 4.78 is 66.7. The summed E-state index contributed by atoms with van der Waals surface area (Å²) in [6.45, 7) is -1.53. The Morgan fingerprint density at radius 1 is 1.27 bits per heavy atom. The number of amides is 1. The summed E-state index contributed by atoms with van der Waals surface area (Å²) in [5, 5.41) is 8.78. The van der Waals surface area contributed by atoms with Gasteiger partial charge in [0.25, 0.3) is 5.91 Å².